The lowest BCUT2D eigenvalue weighted by molar-refractivity contribution is -0.139. The normalized spacial score (nSPS) is 11.7. The van der Waals surface area contributed by atoms with Crippen molar-refractivity contribution in [3.05, 3.63) is 11.1 Å². The van der Waals surface area contributed by atoms with Crippen LogP contribution in [0.2, 0.25) is 0 Å². The summed E-state index contributed by atoms with van der Waals surface area (Å²) in [6.07, 6.45) is 1.78. The van der Waals surface area contributed by atoms with Crippen LogP contribution in [0, 0.1) is 0 Å². The van der Waals surface area contributed by atoms with Crippen molar-refractivity contribution in [2.24, 2.45) is 0 Å². The van der Waals surface area contributed by atoms with E-state index in [0.29, 0.717) is 24.0 Å². The molecule has 0 N–H and O–H groups in total. The van der Waals surface area contributed by atoms with Crippen molar-refractivity contribution in [3.8, 4) is 0 Å². The van der Waals surface area contributed by atoms with Gasteiger partial charge in [0.25, 0.3) is 0 Å². The van der Waals surface area contributed by atoms with Crippen molar-refractivity contribution in [2.75, 3.05) is 14.2 Å². The molecule has 0 aliphatic carbocycles. The molecule has 0 aromatic carbocycles. The smallest absolute Gasteiger partial charge is 0.334 e. The lowest BCUT2D eigenvalue weighted by Crippen LogP contribution is -2.14. The van der Waals surface area contributed by atoms with Crippen LogP contribution in [0.3, 0.4) is 0 Å². The molecule has 0 saturated heterocycles. The van der Waals surface area contributed by atoms with E-state index in [4.69, 9.17) is 0 Å². The first kappa shape index (κ1) is 13.7. The number of carbonyl (C=O) groups excluding carboxylic acids is 2. The maximum atomic E-state index is 11.4. The molecule has 0 spiro atoms. The van der Waals surface area contributed by atoms with Crippen LogP contribution in [-0.2, 0) is 19.1 Å². The van der Waals surface area contributed by atoms with Crippen LogP contribution in [0.1, 0.15) is 33.1 Å². The molecule has 0 amide bonds. The SMILES string of the molecule is CCCC(C(=O)OC)=C(CC)C(=O)OC. The fraction of sp³-hybridized carbons (Fsp3) is 0.636. The van der Waals surface area contributed by atoms with E-state index in [2.05, 4.69) is 9.47 Å². The monoisotopic (exact) mass is 214 g/mol. The molecule has 0 aromatic rings. The third-order valence-electron chi connectivity index (χ3n) is 2.08. The van der Waals surface area contributed by atoms with Crippen LogP contribution >= 0.6 is 0 Å². The van der Waals surface area contributed by atoms with E-state index in [1.54, 1.807) is 0 Å². The highest BCUT2D eigenvalue weighted by Gasteiger charge is 2.19. The summed E-state index contributed by atoms with van der Waals surface area (Å²) >= 11 is 0. The van der Waals surface area contributed by atoms with Gasteiger partial charge in [0.1, 0.15) is 0 Å². The lowest BCUT2D eigenvalue weighted by atomic mass is 10.0. The van der Waals surface area contributed by atoms with Crippen molar-refractivity contribution in [2.45, 2.75) is 33.1 Å². The molecule has 0 fully saturated rings. The fourth-order valence-corrected chi connectivity index (χ4v) is 1.35. The number of methoxy groups -OCH3 is 2. The van der Waals surface area contributed by atoms with Gasteiger partial charge >= 0.3 is 11.9 Å². The Morgan fingerprint density at radius 2 is 1.40 bits per heavy atom. The van der Waals surface area contributed by atoms with Crippen LogP contribution in [-0.4, -0.2) is 26.2 Å². The summed E-state index contributed by atoms with van der Waals surface area (Å²) in [5.74, 6) is -0.898. The second kappa shape index (κ2) is 7.04. The summed E-state index contributed by atoms with van der Waals surface area (Å²) in [5.41, 5.74) is 0.834. The van der Waals surface area contributed by atoms with Gasteiger partial charge in [0.15, 0.2) is 0 Å². The molecule has 86 valence electrons. The molecular weight excluding hydrogens is 196 g/mol. The number of rotatable bonds is 5. The average Bonchev–Trinajstić information content (AvgIpc) is 2.27. The second-order valence-electron chi connectivity index (χ2n) is 3.04. The predicted molar refractivity (Wildman–Crippen MR) is 56.3 cm³/mol. The topological polar surface area (TPSA) is 52.6 Å². The van der Waals surface area contributed by atoms with E-state index in [-0.39, 0.29) is 0 Å². The zero-order valence-electron chi connectivity index (χ0n) is 9.75. The van der Waals surface area contributed by atoms with E-state index in [1.165, 1.54) is 14.2 Å². The Labute approximate surface area is 90.2 Å². The van der Waals surface area contributed by atoms with Crippen LogP contribution < -0.4 is 0 Å². The van der Waals surface area contributed by atoms with Crippen LogP contribution in [0.15, 0.2) is 11.1 Å². The lowest BCUT2D eigenvalue weighted by Gasteiger charge is -2.09. The Balaban J connectivity index is 5.16. The molecule has 0 aliphatic rings. The molecule has 0 unspecified atom stereocenters. The molecule has 0 aromatic heterocycles. The number of carbonyl (C=O) groups is 2. The first-order valence-electron chi connectivity index (χ1n) is 5.00. The fourth-order valence-electron chi connectivity index (χ4n) is 1.35. The van der Waals surface area contributed by atoms with Gasteiger partial charge in [-0.15, -0.1) is 0 Å². The summed E-state index contributed by atoms with van der Waals surface area (Å²) in [5, 5.41) is 0. The molecule has 15 heavy (non-hydrogen) atoms. The van der Waals surface area contributed by atoms with Crippen molar-refractivity contribution in [3.63, 3.8) is 0 Å². The van der Waals surface area contributed by atoms with Crippen LogP contribution in [0.4, 0.5) is 0 Å². The molecule has 0 heterocycles. The third-order valence-corrected chi connectivity index (χ3v) is 2.08. The van der Waals surface area contributed by atoms with Gasteiger partial charge in [0.2, 0.25) is 0 Å². The Hall–Kier alpha value is -1.32. The first-order chi connectivity index (χ1) is 7.12. The van der Waals surface area contributed by atoms with Gasteiger partial charge in [-0.3, -0.25) is 0 Å². The summed E-state index contributed by atoms with van der Waals surface area (Å²) in [6.45, 7) is 3.75. The third kappa shape index (κ3) is 3.73. The molecule has 4 heteroatoms. The van der Waals surface area contributed by atoms with Gasteiger partial charge in [0, 0.05) is 11.1 Å². The van der Waals surface area contributed by atoms with Gasteiger partial charge < -0.3 is 9.47 Å². The van der Waals surface area contributed by atoms with Crippen molar-refractivity contribution < 1.29 is 19.1 Å². The number of esters is 2. The number of ether oxygens (including phenoxy) is 2. The standard InChI is InChI=1S/C11H18O4/c1-5-7-9(11(13)15-4)8(6-2)10(12)14-3/h5-7H2,1-4H3. The Morgan fingerprint density at radius 1 is 0.933 bits per heavy atom. The average molecular weight is 214 g/mol. The highest BCUT2D eigenvalue weighted by Crippen LogP contribution is 2.17. The van der Waals surface area contributed by atoms with Gasteiger partial charge in [-0.05, 0) is 12.8 Å². The molecule has 0 radical (unpaired) electrons. The van der Waals surface area contributed by atoms with E-state index >= 15 is 0 Å². The molecule has 0 bridgehead atoms. The number of hydrogen-bond acceptors (Lipinski definition) is 4. The van der Waals surface area contributed by atoms with E-state index < -0.39 is 11.9 Å². The Kier molecular flexibility index (Phi) is 6.42. The predicted octanol–water partition coefficient (Wildman–Crippen LogP) is 1.84. The zero-order valence-corrected chi connectivity index (χ0v) is 9.75. The molecular formula is C11H18O4. The molecule has 0 aliphatic heterocycles. The zero-order chi connectivity index (χ0) is 11.8. The van der Waals surface area contributed by atoms with Gasteiger partial charge in [-0.2, -0.15) is 0 Å². The summed E-state index contributed by atoms with van der Waals surface area (Å²) < 4.78 is 9.26. The molecule has 0 saturated carbocycles. The number of hydrogen-bond donors (Lipinski definition) is 0. The minimum absolute atomic E-state index is 0.409. The van der Waals surface area contributed by atoms with E-state index in [0.717, 1.165) is 6.42 Å². The molecule has 0 rings (SSSR count). The van der Waals surface area contributed by atoms with E-state index in [9.17, 15) is 9.59 Å². The van der Waals surface area contributed by atoms with Crippen molar-refractivity contribution in [1.29, 1.82) is 0 Å². The Morgan fingerprint density at radius 3 is 1.73 bits per heavy atom. The van der Waals surface area contributed by atoms with Gasteiger partial charge in [-0.25, -0.2) is 9.59 Å². The highest BCUT2D eigenvalue weighted by molar-refractivity contribution is 6.00. The summed E-state index contributed by atoms with van der Waals surface area (Å²) in [7, 11) is 2.61. The maximum absolute atomic E-state index is 11.4. The summed E-state index contributed by atoms with van der Waals surface area (Å²) in [6, 6.07) is 0. The van der Waals surface area contributed by atoms with Crippen molar-refractivity contribution >= 4 is 11.9 Å². The van der Waals surface area contributed by atoms with Gasteiger partial charge in [-0.1, -0.05) is 20.3 Å². The quantitative estimate of drug-likeness (QED) is 0.517. The summed E-state index contributed by atoms with van der Waals surface area (Å²) in [4.78, 5) is 22.8. The minimum Gasteiger partial charge on any atom is -0.466 e. The Bertz CT molecular complexity index is 266. The molecule has 4 nitrogen and oxygen atoms in total. The largest absolute Gasteiger partial charge is 0.466 e. The molecule has 0 atom stereocenters. The van der Waals surface area contributed by atoms with Gasteiger partial charge in [0.05, 0.1) is 14.2 Å². The first-order valence-corrected chi connectivity index (χ1v) is 5.00. The maximum Gasteiger partial charge on any atom is 0.334 e. The van der Waals surface area contributed by atoms with Crippen LogP contribution in [0.25, 0.3) is 0 Å². The van der Waals surface area contributed by atoms with E-state index in [1.807, 2.05) is 13.8 Å². The highest BCUT2D eigenvalue weighted by atomic mass is 16.5. The van der Waals surface area contributed by atoms with Crippen LogP contribution in [0.5, 0.6) is 0 Å². The minimum atomic E-state index is -0.452. The van der Waals surface area contributed by atoms with Crippen molar-refractivity contribution in [1.82, 2.24) is 0 Å². The second-order valence-corrected chi connectivity index (χ2v) is 3.04.